The van der Waals surface area contributed by atoms with E-state index in [0.29, 0.717) is 11.0 Å². The molecule has 0 unspecified atom stereocenters. The Morgan fingerprint density at radius 3 is 2.73 bits per heavy atom. The fraction of sp³-hybridized carbons (Fsp3) is 0.200. The highest BCUT2D eigenvalue weighted by atomic mass is 35.5. The molecule has 1 N–H and O–H groups in total. The van der Waals surface area contributed by atoms with E-state index in [1.54, 1.807) is 0 Å². The maximum Gasteiger partial charge on any atom is 0.187 e. The van der Waals surface area contributed by atoms with Crippen molar-refractivity contribution < 1.29 is 0 Å². The van der Waals surface area contributed by atoms with Crippen molar-refractivity contribution in [2.24, 2.45) is 0 Å². The maximum atomic E-state index is 5.86. The molecule has 1 heterocycles. The van der Waals surface area contributed by atoms with Gasteiger partial charge in [0.25, 0.3) is 0 Å². The van der Waals surface area contributed by atoms with E-state index in [1.165, 1.54) is 11.1 Å². The molecular weight excluding hydrogens is 230 g/mol. The van der Waals surface area contributed by atoms with Gasteiger partial charge in [0.05, 0.1) is 11.7 Å². The Labute approximate surface area is 97.4 Å². The van der Waals surface area contributed by atoms with Crippen LogP contribution in [0, 0.1) is 13.8 Å². The summed E-state index contributed by atoms with van der Waals surface area (Å²) in [5.41, 5.74) is 3.45. The van der Waals surface area contributed by atoms with E-state index in [2.05, 4.69) is 34.0 Å². The molecule has 1 aromatic carbocycles. The second kappa shape index (κ2) is 4.16. The van der Waals surface area contributed by atoms with Gasteiger partial charge in [-0.1, -0.05) is 23.7 Å². The molecule has 1 aromatic heterocycles. The van der Waals surface area contributed by atoms with Crippen molar-refractivity contribution in [1.29, 1.82) is 0 Å². The maximum absolute atomic E-state index is 5.86. The number of hydrogen-bond donors (Lipinski definition) is 1. The number of nitrogens with zero attached hydrogens (tertiary/aromatic N) is 2. The molecule has 0 spiro atoms. The highest BCUT2D eigenvalue weighted by molar-refractivity contribution is 6.99. The molecule has 15 heavy (non-hydrogen) atoms. The smallest absolute Gasteiger partial charge is 0.187 e. The minimum Gasteiger partial charge on any atom is -0.337 e. The largest absolute Gasteiger partial charge is 0.337 e. The summed E-state index contributed by atoms with van der Waals surface area (Å²) >= 11 is 6.96. The number of benzene rings is 1. The minimum atomic E-state index is 0.418. The van der Waals surface area contributed by atoms with Crippen LogP contribution in [0.25, 0.3) is 0 Å². The zero-order chi connectivity index (χ0) is 10.8. The van der Waals surface area contributed by atoms with E-state index in [4.69, 9.17) is 11.6 Å². The van der Waals surface area contributed by atoms with Crippen LogP contribution in [0.5, 0.6) is 0 Å². The molecule has 0 bridgehead atoms. The number of anilines is 2. The van der Waals surface area contributed by atoms with E-state index >= 15 is 0 Å². The second-order valence-electron chi connectivity index (χ2n) is 3.28. The normalized spacial score (nSPS) is 10.3. The third kappa shape index (κ3) is 2.11. The summed E-state index contributed by atoms with van der Waals surface area (Å²) in [5.74, 6) is 0.621. The zero-order valence-corrected chi connectivity index (χ0v) is 9.99. The highest BCUT2D eigenvalue weighted by Gasteiger charge is 2.07. The first-order valence-corrected chi connectivity index (χ1v) is 5.60. The highest BCUT2D eigenvalue weighted by Crippen LogP contribution is 2.26. The summed E-state index contributed by atoms with van der Waals surface area (Å²) in [6.45, 7) is 4.13. The first-order valence-electron chi connectivity index (χ1n) is 4.50. The molecule has 0 atom stereocenters. The predicted molar refractivity (Wildman–Crippen MR) is 64.1 cm³/mol. The Morgan fingerprint density at radius 1 is 1.27 bits per heavy atom. The van der Waals surface area contributed by atoms with Crippen molar-refractivity contribution in [3.8, 4) is 0 Å². The predicted octanol–water partition coefficient (Wildman–Crippen LogP) is 3.55. The van der Waals surface area contributed by atoms with E-state index in [1.807, 2.05) is 12.1 Å². The van der Waals surface area contributed by atoms with E-state index in [-0.39, 0.29) is 0 Å². The SMILES string of the molecule is Cc1cccc(Nc2nsnc2Cl)c1C. The van der Waals surface area contributed by atoms with Crippen LogP contribution in [0.2, 0.25) is 5.15 Å². The average Bonchev–Trinajstić information content (AvgIpc) is 2.60. The van der Waals surface area contributed by atoms with Crippen molar-refractivity contribution >= 4 is 34.8 Å². The van der Waals surface area contributed by atoms with Crippen LogP contribution in [0.1, 0.15) is 11.1 Å². The van der Waals surface area contributed by atoms with Gasteiger partial charge in [0, 0.05) is 5.69 Å². The summed E-state index contributed by atoms with van der Waals surface area (Å²) in [6, 6.07) is 6.07. The van der Waals surface area contributed by atoms with E-state index in [0.717, 1.165) is 17.4 Å². The van der Waals surface area contributed by atoms with Crippen molar-refractivity contribution in [3.63, 3.8) is 0 Å². The molecule has 0 fully saturated rings. The molecule has 2 aromatic rings. The quantitative estimate of drug-likeness (QED) is 0.871. The number of nitrogens with one attached hydrogen (secondary N) is 1. The number of aromatic nitrogens is 2. The Morgan fingerprint density at radius 2 is 2.07 bits per heavy atom. The lowest BCUT2D eigenvalue weighted by molar-refractivity contribution is 1.32. The lowest BCUT2D eigenvalue weighted by Crippen LogP contribution is -1.95. The monoisotopic (exact) mass is 239 g/mol. The van der Waals surface area contributed by atoms with Gasteiger partial charge in [-0.2, -0.15) is 8.75 Å². The number of rotatable bonds is 2. The van der Waals surface area contributed by atoms with Crippen LogP contribution in [-0.4, -0.2) is 8.75 Å². The summed E-state index contributed by atoms with van der Waals surface area (Å²) in [4.78, 5) is 0. The van der Waals surface area contributed by atoms with Crippen LogP contribution in [0.15, 0.2) is 18.2 Å². The number of aryl methyl sites for hydroxylation is 1. The van der Waals surface area contributed by atoms with Crippen LogP contribution in [0.3, 0.4) is 0 Å². The van der Waals surface area contributed by atoms with Crippen LogP contribution in [-0.2, 0) is 0 Å². The first-order chi connectivity index (χ1) is 7.18. The van der Waals surface area contributed by atoms with Gasteiger partial charge in [-0.15, -0.1) is 0 Å². The molecule has 0 saturated carbocycles. The van der Waals surface area contributed by atoms with Gasteiger partial charge in [0.2, 0.25) is 0 Å². The van der Waals surface area contributed by atoms with Crippen LogP contribution < -0.4 is 5.32 Å². The third-order valence-corrected chi connectivity index (χ3v) is 3.20. The van der Waals surface area contributed by atoms with Crippen molar-refractivity contribution in [2.75, 3.05) is 5.32 Å². The molecule has 0 radical (unpaired) electrons. The Bertz CT molecular complexity index is 481. The topological polar surface area (TPSA) is 37.8 Å². The Kier molecular flexibility index (Phi) is 2.88. The van der Waals surface area contributed by atoms with Gasteiger partial charge in [0.15, 0.2) is 11.0 Å². The molecule has 0 amide bonds. The fourth-order valence-electron chi connectivity index (χ4n) is 1.27. The lowest BCUT2D eigenvalue weighted by Gasteiger charge is -2.08. The molecule has 5 heteroatoms. The Hall–Kier alpha value is -1.13. The standard InChI is InChI=1S/C10H10ClN3S/c1-6-4-3-5-8(7(6)2)12-10-9(11)13-15-14-10/h3-5H,1-2H3,(H,12,14). The summed E-state index contributed by atoms with van der Waals surface area (Å²) < 4.78 is 7.97. The fourth-order valence-corrected chi connectivity index (χ4v) is 1.91. The molecule has 0 saturated heterocycles. The minimum absolute atomic E-state index is 0.418. The summed E-state index contributed by atoms with van der Waals surface area (Å²) in [5, 5.41) is 3.58. The van der Waals surface area contributed by atoms with Crippen molar-refractivity contribution in [2.45, 2.75) is 13.8 Å². The molecule has 3 nitrogen and oxygen atoms in total. The number of hydrogen-bond acceptors (Lipinski definition) is 4. The lowest BCUT2D eigenvalue weighted by atomic mass is 10.1. The molecule has 0 aliphatic rings. The third-order valence-electron chi connectivity index (χ3n) is 2.31. The summed E-state index contributed by atoms with van der Waals surface area (Å²) in [6.07, 6.45) is 0. The van der Waals surface area contributed by atoms with E-state index in [9.17, 15) is 0 Å². The molecular formula is C10H10ClN3S. The van der Waals surface area contributed by atoms with Crippen LogP contribution >= 0.6 is 23.3 Å². The van der Waals surface area contributed by atoms with Gasteiger partial charge in [-0.3, -0.25) is 0 Å². The molecule has 0 aliphatic heterocycles. The summed E-state index contributed by atoms with van der Waals surface area (Å²) in [7, 11) is 0. The van der Waals surface area contributed by atoms with Gasteiger partial charge < -0.3 is 5.32 Å². The second-order valence-corrected chi connectivity index (χ2v) is 4.16. The molecule has 78 valence electrons. The van der Waals surface area contributed by atoms with E-state index < -0.39 is 0 Å². The molecule has 0 aliphatic carbocycles. The Balaban J connectivity index is 2.33. The van der Waals surface area contributed by atoms with Crippen LogP contribution in [0.4, 0.5) is 11.5 Å². The number of halogens is 1. The first kappa shape index (κ1) is 10.4. The average molecular weight is 240 g/mol. The van der Waals surface area contributed by atoms with Crippen molar-refractivity contribution in [3.05, 3.63) is 34.5 Å². The van der Waals surface area contributed by atoms with Gasteiger partial charge in [-0.25, -0.2) is 0 Å². The van der Waals surface area contributed by atoms with Crippen molar-refractivity contribution in [1.82, 2.24) is 8.75 Å². The zero-order valence-electron chi connectivity index (χ0n) is 8.41. The molecule has 2 rings (SSSR count). The van der Waals surface area contributed by atoms with Gasteiger partial charge >= 0.3 is 0 Å². The van der Waals surface area contributed by atoms with Gasteiger partial charge in [0.1, 0.15) is 0 Å². The van der Waals surface area contributed by atoms with Gasteiger partial charge in [-0.05, 0) is 31.0 Å².